The summed E-state index contributed by atoms with van der Waals surface area (Å²) in [7, 11) is -2.55. The van der Waals surface area contributed by atoms with E-state index < -0.39 is 8.03 Å². The average molecular weight is 394 g/mol. The van der Waals surface area contributed by atoms with Gasteiger partial charge in [0.1, 0.15) is 0 Å². The minimum Gasteiger partial charge on any atom is -0.397 e. The molecule has 4 N–H and O–H groups in total. The molecule has 0 saturated carbocycles. The van der Waals surface area contributed by atoms with Crippen LogP contribution >= 0.6 is 8.03 Å². The second-order valence-electron chi connectivity index (χ2n) is 6.76. The maximum atomic E-state index is 12.6. The zero-order valence-electron chi connectivity index (χ0n) is 15.6. The first kappa shape index (κ1) is 19.9. The van der Waals surface area contributed by atoms with Gasteiger partial charge in [0.25, 0.3) is 5.91 Å². The fourth-order valence-electron chi connectivity index (χ4n) is 2.90. The summed E-state index contributed by atoms with van der Waals surface area (Å²) in [5.74, 6) is -0.257. The van der Waals surface area contributed by atoms with Gasteiger partial charge in [-0.15, -0.1) is 0 Å². The molecule has 0 aliphatic carbocycles. The Morgan fingerprint density at radius 1 is 1.04 bits per heavy atom. The van der Waals surface area contributed by atoms with Crippen LogP contribution in [0.5, 0.6) is 0 Å². The van der Waals surface area contributed by atoms with Crippen LogP contribution in [-0.2, 0) is 11.0 Å². The van der Waals surface area contributed by atoms with Crippen molar-refractivity contribution in [2.75, 3.05) is 11.1 Å². The predicted octanol–water partition coefficient (Wildman–Crippen LogP) is 4.59. The molecule has 0 radical (unpaired) electrons. The van der Waals surface area contributed by atoms with Crippen molar-refractivity contribution in [1.82, 2.24) is 0 Å². The normalized spacial score (nSPS) is 12.9. The monoisotopic (exact) mass is 394 g/mol. The number of anilines is 2. The highest BCUT2D eigenvalue weighted by Crippen LogP contribution is 2.28. The second kappa shape index (κ2) is 8.87. The van der Waals surface area contributed by atoms with E-state index in [4.69, 9.17) is 5.73 Å². The molecule has 0 aliphatic rings. The van der Waals surface area contributed by atoms with E-state index in [0.29, 0.717) is 23.4 Å². The highest BCUT2D eigenvalue weighted by molar-refractivity contribution is 7.38. The van der Waals surface area contributed by atoms with Crippen molar-refractivity contribution in [3.63, 3.8) is 0 Å². The third-order valence-electron chi connectivity index (χ3n) is 4.59. The Labute approximate surface area is 165 Å². The van der Waals surface area contributed by atoms with Gasteiger partial charge in [0.15, 0.2) is 8.03 Å². The number of amides is 1. The first-order chi connectivity index (χ1) is 13.4. The quantitative estimate of drug-likeness (QED) is 0.421. The molecular formula is C22H23N2O3P. The zero-order valence-corrected chi connectivity index (χ0v) is 16.6. The molecule has 0 heterocycles. The lowest BCUT2D eigenvalue weighted by atomic mass is 10.0. The molecule has 6 heteroatoms. The summed E-state index contributed by atoms with van der Waals surface area (Å²) in [6.07, 6.45) is 0.502. The van der Waals surface area contributed by atoms with Gasteiger partial charge in [-0.2, -0.15) is 0 Å². The predicted molar refractivity (Wildman–Crippen MR) is 115 cm³/mol. The molecule has 3 rings (SSSR count). The average Bonchev–Trinajstić information content (AvgIpc) is 2.70. The fourth-order valence-corrected chi connectivity index (χ4v) is 3.31. The summed E-state index contributed by atoms with van der Waals surface area (Å²) in [6, 6.07) is 22.5. The first-order valence-corrected chi connectivity index (χ1v) is 10.5. The van der Waals surface area contributed by atoms with E-state index >= 15 is 0 Å². The van der Waals surface area contributed by atoms with E-state index in [-0.39, 0.29) is 11.6 Å². The molecule has 5 nitrogen and oxygen atoms in total. The summed E-state index contributed by atoms with van der Waals surface area (Å²) in [5.41, 5.74) is 10.2. The van der Waals surface area contributed by atoms with Crippen molar-refractivity contribution in [1.29, 1.82) is 0 Å². The zero-order chi connectivity index (χ0) is 20.1. The second-order valence-corrected chi connectivity index (χ2v) is 8.42. The fraction of sp³-hybridized carbons (Fsp3) is 0.136. The molecule has 0 spiro atoms. The topological polar surface area (TPSA) is 92.4 Å². The largest absolute Gasteiger partial charge is 0.397 e. The van der Waals surface area contributed by atoms with Gasteiger partial charge in [0.2, 0.25) is 0 Å². The number of nitrogen functional groups attached to an aromatic ring is 1. The van der Waals surface area contributed by atoms with E-state index in [1.165, 1.54) is 0 Å². The highest BCUT2D eigenvalue weighted by Gasteiger charge is 2.12. The molecule has 0 saturated heterocycles. The lowest BCUT2D eigenvalue weighted by molar-refractivity contribution is 0.102. The third-order valence-corrected chi connectivity index (χ3v) is 5.64. The van der Waals surface area contributed by atoms with E-state index in [0.717, 1.165) is 16.7 Å². The molecule has 3 aromatic carbocycles. The van der Waals surface area contributed by atoms with Crippen LogP contribution in [0.15, 0.2) is 72.8 Å². The number of rotatable bonds is 6. The van der Waals surface area contributed by atoms with Crippen LogP contribution in [0.2, 0.25) is 0 Å². The molecule has 0 aliphatic heterocycles. The van der Waals surface area contributed by atoms with Gasteiger partial charge in [-0.25, -0.2) is 0 Å². The molecule has 1 amide bonds. The lowest BCUT2D eigenvalue weighted by Crippen LogP contribution is -2.13. The van der Waals surface area contributed by atoms with Crippen LogP contribution in [0.3, 0.4) is 0 Å². The van der Waals surface area contributed by atoms with Gasteiger partial charge in [-0.1, -0.05) is 55.5 Å². The molecule has 0 bridgehead atoms. The van der Waals surface area contributed by atoms with E-state index in [1.54, 1.807) is 37.3 Å². The van der Waals surface area contributed by atoms with Crippen LogP contribution in [0, 0.1) is 0 Å². The first-order valence-electron chi connectivity index (χ1n) is 9.02. The number of hydrogen-bond donors (Lipinski definition) is 3. The molecule has 144 valence electrons. The molecular weight excluding hydrogens is 371 g/mol. The van der Waals surface area contributed by atoms with Gasteiger partial charge in [0.05, 0.1) is 11.4 Å². The highest BCUT2D eigenvalue weighted by atomic mass is 31.1. The summed E-state index contributed by atoms with van der Waals surface area (Å²) >= 11 is 0. The van der Waals surface area contributed by atoms with Crippen LogP contribution in [0.25, 0.3) is 11.1 Å². The Bertz CT molecular complexity index is 988. The molecule has 0 aromatic heterocycles. The Kier molecular flexibility index (Phi) is 6.30. The Balaban J connectivity index is 1.75. The number of nitrogens with one attached hydrogen (secondary N) is 1. The van der Waals surface area contributed by atoms with E-state index in [9.17, 15) is 14.3 Å². The molecule has 2 unspecified atom stereocenters. The van der Waals surface area contributed by atoms with Crippen molar-refractivity contribution >= 4 is 25.3 Å². The Morgan fingerprint density at radius 2 is 1.71 bits per heavy atom. The van der Waals surface area contributed by atoms with Crippen LogP contribution in [0.4, 0.5) is 11.4 Å². The van der Waals surface area contributed by atoms with Gasteiger partial charge in [-0.05, 0) is 47.4 Å². The molecule has 0 fully saturated rings. The molecule has 2 atom stereocenters. The van der Waals surface area contributed by atoms with Crippen LogP contribution in [0.1, 0.15) is 22.8 Å². The SMILES string of the molecule is CC(Cc1ccc(C(=O)Nc2cc(-c3ccccc3)ccc2N)cc1)[PH](=O)O. The van der Waals surface area contributed by atoms with Crippen LogP contribution < -0.4 is 11.1 Å². The number of hydrogen-bond acceptors (Lipinski definition) is 3. The number of carbonyl (C=O) groups excluding carboxylic acids is 1. The standard InChI is InChI=1S/C22H23N2O3P/c1-15(28(26)27)13-16-7-9-18(10-8-16)22(25)24-21-14-19(11-12-20(21)23)17-5-3-2-4-6-17/h2-12,14-15,28H,13,23H2,1H3,(H,24,25)(H,26,27). The van der Waals surface area contributed by atoms with Crippen molar-refractivity contribution in [3.05, 3.63) is 83.9 Å². The number of benzene rings is 3. The summed E-state index contributed by atoms with van der Waals surface area (Å²) in [4.78, 5) is 21.8. The smallest absolute Gasteiger partial charge is 0.255 e. The summed E-state index contributed by atoms with van der Waals surface area (Å²) < 4.78 is 11.2. The molecule has 3 aromatic rings. The van der Waals surface area contributed by atoms with E-state index in [1.807, 2.05) is 42.5 Å². The van der Waals surface area contributed by atoms with Crippen molar-refractivity contribution < 1.29 is 14.3 Å². The minimum absolute atomic E-state index is 0.257. The van der Waals surface area contributed by atoms with Crippen molar-refractivity contribution in [2.24, 2.45) is 0 Å². The van der Waals surface area contributed by atoms with Crippen LogP contribution in [-0.4, -0.2) is 16.5 Å². The number of nitrogens with two attached hydrogens (primary N) is 1. The van der Waals surface area contributed by atoms with Gasteiger partial charge < -0.3 is 15.9 Å². The van der Waals surface area contributed by atoms with Crippen molar-refractivity contribution in [3.8, 4) is 11.1 Å². The lowest BCUT2D eigenvalue weighted by Gasteiger charge is -2.12. The van der Waals surface area contributed by atoms with Gasteiger partial charge >= 0.3 is 0 Å². The van der Waals surface area contributed by atoms with Gasteiger partial charge in [0, 0.05) is 11.2 Å². The Hall–Kier alpha value is -2.88. The third kappa shape index (κ3) is 4.89. The minimum atomic E-state index is -2.55. The maximum absolute atomic E-state index is 12.6. The van der Waals surface area contributed by atoms with Crippen molar-refractivity contribution in [2.45, 2.75) is 19.0 Å². The Morgan fingerprint density at radius 3 is 2.36 bits per heavy atom. The number of carbonyl (C=O) groups is 1. The van der Waals surface area contributed by atoms with E-state index in [2.05, 4.69) is 5.32 Å². The van der Waals surface area contributed by atoms with Gasteiger partial charge in [-0.3, -0.25) is 9.36 Å². The molecule has 28 heavy (non-hydrogen) atoms. The summed E-state index contributed by atoms with van der Waals surface area (Å²) in [5, 5.41) is 2.87. The maximum Gasteiger partial charge on any atom is 0.255 e. The summed E-state index contributed by atoms with van der Waals surface area (Å²) in [6.45, 7) is 1.74.